The summed E-state index contributed by atoms with van der Waals surface area (Å²) in [6, 6.07) is 5.18. The predicted octanol–water partition coefficient (Wildman–Crippen LogP) is 4.28. The molecule has 6 nitrogen and oxygen atoms in total. The number of benzene rings is 1. The summed E-state index contributed by atoms with van der Waals surface area (Å²) >= 11 is 12.2. The first kappa shape index (κ1) is 20.7. The lowest BCUT2D eigenvalue weighted by Crippen LogP contribution is -2.43. The van der Waals surface area contributed by atoms with E-state index >= 15 is 0 Å². The third kappa shape index (κ3) is 4.35. The van der Waals surface area contributed by atoms with Gasteiger partial charge in [0, 0.05) is 37.6 Å². The molecule has 1 aromatic carbocycles. The van der Waals surface area contributed by atoms with E-state index in [0.29, 0.717) is 41.0 Å². The van der Waals surface area contributed by atoms with Crippen molar-refractivity contribution in [1.82, 2.24) is 14.8 Å². The van der Waals surface area contributed by atoms with Crippen LogP contribution in [0.3, 0.4) is 0 Å². The minimum absolute atomic E-state index is 0.132. The van der Waals surface area contributed by atoms with Crippen LogP contribution in [-0.4, -0.2) is 46.1 Å². The third-order valence-corrected chi connectivity index (χ3v) is 5.50. The number of hydrogen-bond donors (Lipinski definition) is 1. The SMILES string of the molecule is CCCN(CC(O)c1cnccc1OC)C(=O)N1Cc2cc(Cl)c(Cl)cc2C1. The molecular formula is C20H23Cl2N3O3. The van der Waals surface area contributed by atoms with E-state index in [2.05, 4.69) is 4.98 Å². The van der Waals surface area contributed by atoms with E-state index in [-0.39, 0.29) is 12.6 Å². The molecule has 0 bridgehead atoms. The first-order valence-corrected chi connectivity index (χ1v) is 9.86. The molecule has 0 saturated carbocycles. The Bertz CT molecular complexity index is 832. The molecule has 3 rings (SSSR count). The number of aromatic nitrogens is 1. The highest BCUT2D eigenvalue weighted by Gasteiger charge is 2.29. The van der Waals surface area contributed by atoms with Crippen LogP contribution in [0.4, 0.5) is 4.79 Å². The van der Waals surface area contributed by atoms with Gasteiger partial charge in [-0.15, -0.1) is 0 Å². The largest absolute Gasteiger partial charge is 0.496 e. The zero-order valence-corrected chi connectivity index (χ0v) is 17.4. The number of ether oxygens (including phenoxy) is 1. The summed E-state index contributed by atoms with van der Waals surface area (Å²) < 4.78 is 5.29. The highest BCUT2D eigenvalue weighted by molar-refractivity contribution is 6.42. The van der Waals surface area contributed by atoms with E-state index in [9.17, 15) is 9.90 Å². The maximum absolute atomic E-state index is 13.1. The van der Waals surface area contributed by atoms with Crippen molar-refractivity contribution in [1.29, 1.82) is 0 Å². The Morgan fingerprint density at radius 2 is 1.96 bits per heavy atom. The zero-order valence-electron chi connectivity index (χ0n) is 15.9. The minimum Gasteiger partial charge on any atom is -0.496 e. The maximum atomic E-state index is 13.1. The van der Waals surface area contributed by atoms with Gasteiger partial charge < -0.3 is 19.6 Å². The molecule has 2 amide bonds. The Labute approximate surface area is 174 Å². The minimum atomic E-state index is -0.895. The van der Waals surface area contributed by atoms with Crippen LogP contribution in [0.15, 0.2) is 30.6 Å². The van der Waals surface area contributed by atoms with Gasteiger partial charge in [-0.2, -0.15) is 0 Å². The molecule has 1 aliphatic rings. The molecule has 0 saturated heterocycles. The van der Waals surface area contributed by atoms with Crippen LogP contribution in [0.1, 0.15) is 36.1 Å². The van der Waals surface area contributed by atoms with Crippen molar-refractivity contribution in [2.45, 2.75) is 32.5 Å². The number of aliphatic hydroxyl groups is 1. The number of aliphatic hydroxyl groups excluding tert-OH is 1. The Balaban J connectivity index is 1.74. The number of halogens is 2. The summed E-state index contributed by atoms with van der Waals surface area (Å²) in [5, 5.41) is 11.7. The number of urea groups is 1. The second-order valence-corrected chi connectivity index (χ2v) is 7.57. The van der Waals surface area contributed by atoms with Gasteiger partial charge in [0.05, 0.1) is 23.7 Å². The Morgan fingerprint density at radius 3 is 2.54 bits per heavy atom. The number of carbonyl (C=O) groups excluding carboxylic acids is 1. The number of amides is 2. The Morgan fingerprint density at radius 1 is 1.32 bits per heavy atom. The molecular weight excluding hydrogens is 401 g/mol. The molecule has 1 N–H and O–H groups in total. The third-order valence-electron chi connectivity index (χ3n) is 4.78. The topological polar surface area (TPSA) is 65.9 Å². The second kappa shape index (κ2) is 8.99. The lowest BCUT2D eigenvalue weighted by atomic mass is 10.1. The summed E-state index contributed by atoms with van der Waals surface area (Å²) in [4.78, 5) is 20.6. The van der Waals surface area contributed by atoms with Crippen molar-refractivity contribution >= 4 is 29.2 Å². The van der Waals surface area contributed by atoms with E-state index in [1.54, 1.807) is 28.3 Å². The predicted molar refractivity (Wildman–Crippen MR) is 109 cm³/mol. The average molecular weight is 424 g/mol. The standard InChI is InChI=1S/C20H23Cl2N3O3/c1-3-6-24(12-18(26)15-9-23-5-4-19(15)28-2)20(27)25-10-13-7-16(21)17(22)8-14(13)11-25/h4-5,7-9,18,26H,3,6,10-12H2,1-2H3. The van der Waals surface area contributed by atoms with Gasteiger partial charge in [0.25, 0.3) is 0 Å². The molecule has 2 aromatic rings. The molecule has 8 heteroatoms. The summed E-state index contributed by atoms with van der Waals surface area (Å²) in [5.41, 5.74) is 2.55. The lowest BCUT2D eigenvalue weighted by Gasteiger charge is -2.29. The quantitative estimate of drug-likeness (QED) is 0.752. The van der Waals surface area contributed by atoms with Gasteiger partial charge in [0.2, 0.25) is 0 Å². The Hall–Kier alpha value is -2.02. The fourth-order valence-electron chi connectivity index (χ4n) is 3.40. The van der Waals surface area contributed by atoms with Crippen LogP contribution in [-0.2, 0) is 13.1 Å². The molecule has 1 unspecified atom stereocenters. The number of fused-ring (bicyclic) bond motifs is 1. The molecule has 1 aromatic heterocycles. The normalized spacial score (nSPS) is 14.0. The van der Waals surface area contributed by atoms with Crippen LogP contribution >= 0.6 is 23.2 Å². The molecule has 2 heterocycles. The summed E-state index contributed by atoms with van der Waals surface area (Å²) in [6.45, 7) is 3.63. The number of pyridine rings is 1. The number of methoxy groups -OCH3 is 1. The number of rotatable bonds is 6. The molecule has 0 fully saturated rings. The van der Waals surface area contributed by atoms with Crippen molar-refractivity contribution in [3.63, 3.8) is 0 Å². The van der Waals surface area contributed by atoms with Gasteiger partial charge in [0.15, 0.2) is 0 Å². The van der Waals surface area contributed by atoms with Gasteiger partial charge in [-0.3, -0.25) is 4.98 Å². The zero-order chi connectivity index (χ0) is 20.3. The van der Waals surface area contributed by atoms with E-state index in [0.717, 1.165) is 17.5 Å². The Kier molecular flexibility index (Phi) is 6.65. The van der Waals surface area contributed by atoms with E-state index in [4.69, 9.17) is 27.9 Å². The number of hydrogen-bond acceptors (Lipinski definition) is 4. The number of carbonyl (C=O) groups is 1. The van der Waals surface area contributed by atoms with Crippen LogP contribution in [0.5, 0.6) is 5.75 Å². The second-order valence-electron chi connectivity index (χ2n) is 6.75. The van der Waals surface area contributed by atoms with Crippen LogP contribution in [0, 0.1) is 0 Å². The smallest absolute Gasteiger partial charge is 0.320 e. The van der Waals surface area contributed by atoms with Crippen molar-refractivity contribution < 1.29 is 14.6 Å². The van der Waals surface area contributed by atoms with E-state index in [1.165, 1.54) is 7.11 Å². The van der Waals surface area contributed by atoms with Gasteiger partial charge in [-0.25, -0.2) is 4.79 Å². The van der Waals surface area contributed by atoms with Gasteiger partial charge in [-0.1, -0.05) is 30.1 Å². The monoisotopic (exact) mass is 423 g/mol. The molecule has 150 valence electrons. The molecule has 0 aliphatic carbocycles. The van der Waals surface area contributed by atoms with Gasteiger partial charge in [-0.05, 0) is 35.7 Å². The van der Waals surface area contributed by atoms with Gasteiger partial charge in [0.1, 0.15) is 11.9 Å². The van der Waals surface area contributed by atoms with Crippen LogP contribution in [0.2, 0.25) is 10.0 Å². The highest BCUT2D eigenvalue weighted by Crippen LogP contribution is 2.32. The fourth-order valence-corrected chi connectivity index (χ4v) is 3.77. The summed E-state index contributed by atoms with van der Waals surface area (Å²) in [7, 11) is 1.54. The lowest BCUT2D eigenvalue weighted by molar-refractivity contribution is 0.100. The van der Waals surface area contributed by atoms with E-state index in [1.807, 2.05) is 19.1 Å². The molecule has 0 spiro atoms. The van der Waals surface area contributed by atoms with Crippen LogP contribution in [0.25, 0.3) is 0 Å². The first-order valence-electron chi connectivity index (χ1n) is 9.11. The molecule has 28 heavy (non-hydrogen) atoms. The molecule has 0 radical (unpaired) electrons. The first-order chi connectivity index (χ1) is 13.4. The van der Waals surface area contributed by atoms with Crippen molar-refractivity contribution in [2.75, 3.05) is 20.2 Å². The van der Waals surface area contributed by atoms with Crippen molar-refractivity contribution in [2.24, 2.45) is 0 Å². The highest BCUT2D eigenvalue weighted by atomic mass is 35.5. The van der Waals surface area contributed by atoms with E-state index < -0.39 is 6.10 Å². The van der Waals surface area contributed by atoms with Crippen molar-refractivity contribution in [3.05, 3.63) is 57.3 Å². The molecule has 1 aliphatic heterocycles. The van der Waals surface area contributed by atoms with Crippen molar-refractivity contribution in [3.8, 4) is 5.75 Å². The summed E-state index contributed by atoms with van der Waals surface area (Å²) in [6.07, 6.45) is 3.05. The maximum Gasteiger partial charge on any atom is 0.320 e. The molecule has 1 atom stereocenters. The van der Waals surface area contributed by atoms with Gasteiger partial charge >= 0.3 is 6.03 Å². The fraction of sp³-hybridized carbons (Fsp3) is 0.400. The summed E-state index contributed by atoms with van der Waals surface area (Å²) in [5.74, 6) is 0.546. The number of nitrogens with zero attached hydrogens (tertiary/aromatic N) is 3. The van der Waals surface area contributed by atoms with Crippen LogP contribution < -0.4 is 4.74 Å². The average Bonchev–Trinajstić information content (AvgIpc) is 3.09.